The summed E-state index contributed by atoms with van der Waals surface area (Å²) >= 11 is 0. The van der Waals surface area contributed by atoms with Gasteiger partial charge in [-0.3, -0.25) is 0 Å². The molecule has 62 valence electrons. The van der Waals surface area contributed by atoms with Crippen LogP contribution in [0.5, 0.6) is 0 Å². The molecule has 0 spiro atoms. The zero-order valence-electron chi connectivity index (χ0n) is 7.27. The summed E-state index contributed by atoms with van der Waals surface area (Å²) in [5.41, 5.74) is 0. The van der Waals surface area contributed by atoms with Gasteiger partial charge in [-0.15, -0.1) is 12.3 Å². The minimum atomic E-state index is 0.819. The minimum Gasteiger partial charge on any atom is -0.317 e. The fraction of sp³-hybridized carbons (Fsp3) is 0.800. The Morgan fingerprint density at radius 2 is 2.18 bits per heavy atom. The summed E-state index contributed by atoms with van der Waals surface area (Å²) in [6.45, 7) is 4.40. The highest BCUT2D eigenvalue weighted by molar-refractivity contribution is 4.93. The zero-order valence-corrected chi connectivity index (χ0v) is 7.27. The van der Waals surface area contributed by atoms with Gasteiger partial charge in [0, 0.05) is 6.42 Å². The Bertz CT molecular complexity index is 145. The molecule has 1 fully saturated rings. The molecule has 1 saturated carbocycles. The highest BCUT2D eigenvalue weighted by Crippen LogP contribution is 2.35. The van der Waals surface area contributed by atoms with Gasteiger partial charge in [-0.1, -0.05) is 6.92 Å². The molecule has 0 radical (unpaired) electrons. The second kappa shape index (κ2) is 4.41. The highest BCUT2D eigenvalue weighted by atomic mass is 14.9. The minimum absolute atomic E-state index is 0.819. The quantitative estimate of drug-likeness (QED) is 0.602. The van der Waals surface area contributed by atoms with Crippen molar-refractivity contribution >= 4 is 0 Å². The van der Waals surface area contributed by atoms with Crippen LogP contribution in [0.3, 0.4) is 0 Å². The number of nitrogens with one attached hydrogen (secondary N) is 1. The Labute approximate surface area is 69.6 Å². The second-order valence-corrected chi connectivity index (χ2v) is 3.31. The van der Waals surface area contributed by atoms with Crippen LogP contribution >= 0.6 is 0 Å². The molecule has 0 aromatic heterocycles. The first kappa shape index (κ1) is 8.62. The molecule has 2 atom stereocenters. The van der Waals surface area contributed by atoms with E-state index in [1.807, 2.05) is 0 Å². The Balaban J connectivity index is 2.11. The van der Waals surface area contributed by atoms with Crippen LogP contribution in [0, 0.1) is 24.2 Å². The normalized spacial score (nSPS) is 29.1. The Hall–Kier alpha value is -0.480. The van der Waals surface area contributed by atoms with Crippen molar-refractivity contribution in [3.8, 4) is 12.3 Å². The standard InChI is InChI=1S/C10H17N/c1-3-5-9-6-7-10(9)8-11-4-2/h1,9-11H,4-8H2,2H3. The predicted octanol–water partition coefficient (Wildman–Crippen LogP) is 1.65. The lowest BCUT2D eigenvalue weighted by Gasteiger charge is -2.35. The zero-order chi connectivity index (χ0) is 8.10. The van der Waals surface area contributed by atoms with Crippen molar-refractivity contribution in [2.24, 2.45) is 11.8 Å². The lowest BCUT2D eigenvalue weighted by atomic mass is 9.72. The number of terminal acetylenes is 1. The second-order valence-electron chi connectivity index (χ2n) is 3.31. The topological polar surface area (TPSA) is 12.0 Å². The molecule has 2 unspecified atom stereocenters. The van der Waals surface area contributed by atoms with Crippen LogP contribution in [0.25, 0.3) is 0 Å². The van der Waals surface area contributed by atoms with E-state index in [4.69, 9.17) is 6.42 Å². The molecule has 1 N–H and O–H groups in total. The molecule has 0 aromatic rings. The van der Waals surface area contributed by atoms with Crippen molar-refractivity contribution in [3.05, 3.63) is 0 Å². The van der Waals surface area contributed by atoms with Crippen molar-refractivity contribution in [3.63, 3.8) is 0 Å². The molecule has 0 aliphatic heterocycles. The summed E-state index contributed by atoms with van der Waals surface area (Å²) in [7, 11) is 0. The molecule has 0 amide bonds. The van der Waals surface area contributed by atoms with Crippen LogP contribution in [0.15, 0.2) is 0 Å². The van der Waals surface area contributed by atoms with E-state index in [0.29, 0.717) is 0 Å². The third-order valence-corrected chi connectivity index (χ3v) is 2.61. The van der Waals surface area contributed by atoms with Crippen LogP contribution < -0.4 is 5.32 Å². The van der Waals surface area contributed by atoms with E-state index < -0.39 is 0 Å². The molecule has 0 heterocycles. The van der Waals surface area contributed by atoms with Gasteiger partial charge in [0.1, 0.15) is 0 Å². The number of hydrogen-bond acceptors (Lipinski definition) is 1. The van der Waals surface area contributed by atoms with Gasteiger partial charge in [0.15, 0.2) is 0 Å². The molecule has 1 aliphatic carbocycles. The first-order chi connectivity index (χ1) is 5.38. The Morgan fingerprint density at radius 3 is 2.64 bits per heavy atom. The van der Waals surface area contributed by atoms with Gasteiger partial charge < -0.3 is 5.32 Å². The molecule has 0 saturated heterocycles. The average molecular weight is 151 g/mol. The van der Waals surface area contributed by atoms with Crippen LogP contribution in [-0.4, -0.2) is 13.1 Å². The van der Waals surface area contributed by atoms with Crippen molar-refractivity contribution in [1.29, 1.82) is 0 Å². The van der Waals surface area contributed by atoms with Crippen molar-refractivity contribution in [1.82, 2.24) is 5.32 Å². The third-order valence-electron chi connectivity index (χ3n) is 2.61. The van der Waals surface area contributed by atoms with Gasteiger partial charge in [-0.2, -0.15) is 0 Å². The van der Waals surface area contributed by atoms with Gasteiger partial charge >= 0.3 is 0 Å². The van der Waals surface area contributed by atoms with Crippen LogP contribution in [0.2, 0.25) is 0 Å². The highest BCUT2D eigenvalue weighted by Gasteiger charge is 2.28. The summed E-state index contributed by atoms with van der Waals surface area (Å²) in [6.07, 6.45) is 8.96. The number of rotatable bonds is 4. The van der Waals surface area contributed by atoms with Crippen LogP contribution in [0.4, 0.5) is 0 Å². The van der Waals surface area contributed by atoms with Crippen LogP contribution in [0.1, 0.15) is 26.2 Å². The van der Waals surface area contributed by atoms with E-state index in [9.17, 15) is 0 Å². The lowest BCUT2D eigenvalue weighted by Crippen LogP contribution is -2.34. The van der Waals surface area contributed by atoms with Gasteiger partial charge in [-0.05, 0) is 37.8 Å². The molecule has 1 rings (SSSR count). The molecule has 1 aliphatic rings. The van der Waals surface area contributed by atoms with Crippen molar-refractivity contribution < 1.29 is 0 Å². The average Bonchev–Trinajstić information content (AvgIpc) is 1.99. The summed E-state index contributed by atoms with van der Waals surface area (Å²) < 4.78 is 0. The fourth-order valence-corrected chi connectivity index (χ4v) is 1.66. The van der Waals surface area contributed by atoms with Gasteiger partial charge in [0.05, 0.1) is 0 Å². The van der Waals surface area contributed by atoms with Gasteiger partial charge in [-0.25, -0.2) is 0 Å². The summed E-state index contributed by atoms with van der Waals surface area (Å²) in [4.78, 5) is 0. The van der Waals surface area contributed by atoms with E-state index in [2.05, 4.69) is 18.2 Å². The first-order valence-corrected chi connectivity index (χ1v) is 4.52. The lowest BCUT2D eigenvalue weighted by molar-refractivity contribution is 0.177. The van der Waals surface area contributed by atoms with Gasteiger partial charge in [0.25, 0.3) is 0 Å². The SMILES string of the molecule is C#CCC1CCC1CNCC. The molecule has 0 bridgehead atoms. The first-order valence-electron chi connectivity index (χ1n) is 4.52. The van der Waals surface area contributed by atoms with E-state index in [1.165, 1.54) is 19.4 Å². The molecular weight excluding hydrogens is 134 g/mol. The fourth-order valence-electron chi connectivity index (χ4n) is 1.66. The third kappa shape index (κ3) is 2.24. The predicted molar refractivity (Wildman–Crippen MR) is 48.2 cm³/mol. The van der Waals surface area contributed by atoms with Gasteiger partial charge in [0.2, 0.25) is 0 Å². The summed E-state index contributed by atoms with van der Waals surface area (Å²) in [6, 6.07) is 0. The molecule has 1 heteroatoms. The monoisotopic (exact) mass is 151 g/mol. The van der Waals surface area contributed by atoms with E-state index in [0.717, 1.165) is 24.8 Å². The van der Waals surface area contributed by atoms with Crippen LogP contribution in [-0.2, 0) is 0 Å². The Morgan fingerprint density at radius 1 is 1.45 bits per heavy atom. The molecule has 11 heavy (non-hydrogen) atoms. The maximum atomic E-state index is 5.26. The van der Waals surface area contributed by atoms with E-state index in [-0.39, 0.29) is 0 Å². The molecule has 0 aromatic carbocycles. The largest absolute Gasteiger partial charge is 0.317 e. The van der Waals surface area contributed by atoms with E-state index in [1.54, 1.807) is 0 Å². The maximum Gasteiger partial charge on any atom is 0.0117 e. The van der Waals surface area contributed by atoms with Crippen molar-refractivity contribution in [2.75, 3.05) is 13.1 Å². The molecule has 1 nitrogen and oxygen atoms in total. The summed E-state index contributed by atoms with van der Waals surface area (Å²) in [5, 5.41) is 3.37. The van der Waals surface area contributed by atoms with Crippen molar-refractivity contribution in [2.45, 2.75) is 26.2 Å². The smallest absolute Gasteiger partial charge is 0.0117 e. The Kier molecular flexibility index (Phi) is 3.45. The number of hydrogen-bond donors (Lipinski definition) is 1. The van der Waals surface area contributed by atoms with E-state index >= 15 is 0 Å². The summed E-state index contributed by atoms with van der Waals surface area (Å²) in [5.74, 6) is 4.43. The molecular formula is C10H17N. The maximum absolute atomic E-state index is 5.26.